The number of carbonyl (C=O) groups is 1. The average Bonchev–Trinajstić information content (AvgIpc) is 2.28. The molecule has 0 radical (unpaired) electrons. The van der Waals surface area contributed by atoms with Crippen LogP contribution < -0.4 is 0 Å². The van der Waals surface area contributed by atoms with Gasteiger partial charge < -0.3 is 0 Å². The Morgan fingerprint density at radius 3 is 2.64 bits per heavy atom. The number of nitrogens with zero attached hydrogens (tertiary/aromatic N) is 1. The number of rotatable bonds is 1. The van der Waals surface area contributed by atoms with Gasteiger partial charge in [-0.25, -0.2) is 12.7 Å². The zero-order valence-corrected chi connectivity index (χ0v) is 6.97. The van der Waals surface area contributed by atoms with Gasteiger partial charge in [0.25, 0.3) is 10.0 Å². The van der Waals surface area contributed by atoms with Crippen LogP contribution in [0.1, 0.15) is 13.3 Å². The second-order valence-corrected chi connectivity index (χ2v) is 3.94. The highest BCUT2D eigenvalue weighted by Gasteiger charge is 2.26. The van der Waals surface area contributed by atoms with E-state index in [4.69, 9.17) is 0 Å². The van der Waals surface area contributed by atoms with Crippen LogP contribution in [-0.2, 0) is 14.8 Å². The van der Waals surface area contributed by atoms with Crippen molar-refractivity contribution in [2.75, 3.05) is 6.54 Å². The van der Waals surface area contributed by atoms with Crippen LogP contribution in [0.5, 0.6) is 0 Å². The van der Waals surface area contributed by atoms with Gasteiger partial charge in [0, 0.05) is 11.8 Å². The zero-order valence-electron chi connectivity index (χ0n) is 6.15. The van der Waals surface area contributed by atoms with Crippen LogP contribution in [0.2, 0.25) is 0 Å². The van der Waals surface area contributed by atoms with E-state index in [0.29, 0.717) is 0 Å². The molecule has 1 heterocycles. The lowest BCUT2D eigenvalue weighted by Gasteiger charge is -2.12. The molecule has 0 saturated heterocycles. The minimum atomic E-state index is -3.40. The molecule has 0 aromatic rings. The minimum Gasteiger partial charge on any atom is -0.274 e. The highest BCUT2D eigenvalue weighted by molar-refractivity contribution is 7.92. The summed E-state index contributed by atoms with van der Waals surface area (Å²) in [5.74, 6) is -0.352. The molecule has 0 aliphatic carbocycles. The Bertz CT molecular complexity index is 291. The van der Waals surface area contributed by atoms with Crippen LogP contribution in [0.15, 0.2) is 11.5 Å². The molecule has 4 nitrogen and oxygen atoms in total. The first-order chi connectivity index (χ1) is 5.08. The van der Waals surface area contributed by atoms with E-state index in [2.05, 4.69) is 0 Å². The standard InChI is InChI=1S/C6H9NO3S/c1-2-6(8)7-4-3-5-11(7,9)10/h3,5H,2,4H2,1H3. The van der Waals surface area contributed by atoms with Crippen molar-refractivity contribution < 1.29 is 13.2 Å². The van der Waals surface area contributed by atoms with Crippen molar-refractivity contribution in [1.82, 2.24) is 4.31 Å². The highest BCUT2D eigenvalue weighted by Crippen LogP contribution is 2.11. The lowest BCUT2D eigenvalue weighted by Crippen LogP contribution is -2.31. The Morgan fingerprint density at radius 2 is 2.27 bits per heavy atom. The van der Waals surface area contributed by atoms with Gasteiger partial charge in [0.15, 0.2) is 0 Å². The minimum absolute atomic E-state index is 0.189. The van der Waals surface area contributed by atoms with E-state index in [0.717, 1.165) is 9.71 Å². The molecule has 0 aromatic carbocycles. The molecule has 0 spiro atoms. The van der Waals surface area contributed by atoms with E-state index < -0.39 is 10.0 Å². The molecule has 62 valence electrons. The molecule has 5 heteroatoms. The van der Waals surface area contributed by atoms with Gasteiger partial charge in [-0.2, -0.15) is 0 Å². The predicted octanol–water partition coefficient (Wildman–Crippen LogP) is 0.0821. The van der Waals surface area contributed by atoms with Crippen molar-refractivity contribution in [3.05, 3.63) is 11.5 Å². The largest absolute Gasteiger partial charge is 0.274 e. The first kappa shape index (κ1) is 8.26. The summed E-state index contributed by atoms with van der Waals surface area (Å²) in [5, 5.41) is 1.06. The van der Waals surface area contributed by atoms with Crippen LogP contribution in [0.3, 0.4) is 0 Å². The molecule has 0 atom stereocenters. The topological polar surface area (TPSA) is 54.5 Å². The van der Waals surface area contributed by atoms with Crippen molar-refractivity contribution in [3.8, 4) is 0 Å². The van der Waals surface area contributed by atoms with Crippen molar-refractivity contribution in [1.29, 1.82) is 0 Å². The molecule has 0 saturated carbocycles. The number of carbonyl (C=O) groups excluding carboxylic acids is 1. The lowest BCUT2D eigenvalue weighted by molar-refractivity contribution is -0.125. The van der Waals surface area contributed by atoms with Crippen LogP contribution in [0, 0.1) is 0 Å². The SMILES string of the molecule is CCC(=O)N1CC=CS1(=O)=O. The molecule has 0 bridgehead atoms. The van der Waals surface area contributed by atoms with Gasteiger partial charge in [-0.1, -0.05) is 13.0 Å². The summed E-state index contributed by atoms with van der Waals surface area (Å²) in [4.78, 5) is 10.9. The Labute approximate surface area is 65.6 Å². The number of hydrogen-bond donors (Lipinski definition) is 0. The normalized spacial score (nSPS) is 20.6. The van der Waals surface area contributed by atoms with Gasteiger partial charge in [0.1, 0.15) is 0 Å². The molecule has 1 aliphatic heterocycles. The van der Waals surface area contributed by atoms with Crippen LogP contribution >= 0.6 is 0 Å². The van der Waals surface area contributed by atoms with Gasteiger partial charge in [-0.3, -0.25) is 4.79 Å². The number of amides is 1. The third-order valence-electron chi connectivity index (χ3n) is 1.43. The first-order valence-electron chi connectivity index (χ1n) is 3.30. The second-order valence-electron chi connectivity index (χ2n) is 2.20. The van der Waals surface area contributed by atoms with Crippen LogP contribution in [0.25, 0.3) is 0 Å². The monoisotopic (exact) mass is 175 g/mol. The van der Waals surface area contributed by atoms with Crippen molar-refractivity contribution in [2.24, 2.45) is 0 Å². The molecular formula is C6H9NO3S. The fourth-order valence-corrected chi connectivity index (χ4v) is 2.04. The third-order valence-corrected chi connectivity index (χ3v) is 2.93. The molecule has 0 unspecified atom stereocenters. The molecule has 0 N–H and O–H groups in total. The van der Waals surface area contributed by atoms with E-state index in [9.17, 15) is 13.2 Å². The average molecular weight is 175 g/mol. The first-order valence-corrected chi connectivity index (χ1v) is 4.80. The molecule has 0 aromatic heterocycles. The Hall–Kier alpha value is -0.840. The molecular weight excluding hydrogens is 166 g/mol. The second kappa shape index (κ2) is 2.65. The smallest absolute Gasteiger partial charge is 0.259 e. The molecule has 1 rings (SSSR count). The lowest BCUT2D eigenvalue weighted by atomic mass is 10.4. The fraction of sp³-hybridized carbons (Fsp3) is 0.500. The van der Waals surface area contributed by atoms with Crippen LogP contribution in [-0.4, -0.2) is 25.2 Å². The maximum atomic E-state index is 11.0. The highest BCUT2D eigenvalue weighted by atomic mass is 32.2. The van der Waals surface area contributed by atoms with Gasteiger partial charge >= 0.3 is 0 Å². The van der Waals surface area contributed by atoms with Crippen molar-refractivity contribution >= 4 is 15.9 Å². The molecule has 1 amide bonds. The Kier molecular flexibility index (Phi) is 1.99. The summed E-state index contributed by atoms with van der Waals surface area (Å²) >= 11 is 0. The Balaban J connectivity index is 2.87. The maximum absolute atomic E-state index is 11.0. The molecule has 1 aliphatic rings. The van der Waals surface area contributed by atoms with Gasteiger partial charge in [0.2, 0.25) is 5.91 Å². The maximum Gasteiger partial charge on any atom is 0.259 e. The van der Waals surface area contributed by atoms with Gasteiger partial charge in [-0.05, 0) is 0 Å². The fourth-order valence-electron chi connectivity index (χ4n) is 0.858. The quantitative estimate of drug-likeness (QED) is 0.567. The predicted molar refractivity (Wildman–Crippen MR) is 40.1 cm³/mol. The third kappa shape index (κ3) is 1.42. The van der Waals surface area contributed by atoms with E-state index in [-0.39, 0.29) is 18.9 Å². The van der Waals surface area contributed by atoms with Gasteiger partial charge in [0.05, 0.1) is 6.54 Å². The van der Waals surface area contributed by atoms with Crippen molar-refractivity contribution in [3.63, 3.8) is 0 Å². The summed E-state index contributed by atoms with van der Waals surface area (Å²) in [6.07, 6.45) is 1.68. The zero-order chi connectivity index (χ0) is 8.48. The van der Waals surface area contributed by atoms with E-state index in [1.165, 1.54) is 6.08 Å². The summed E-state index contributed by atoms with van der Waals surface area (Å²) in [6.45, 7) is 1.82. The number of sulfonamides is 1. The summed E-state index contributed by atoms with van der Waals surface area (Å²) in [5.41, 5.74) is 0. The van der Waals surface area contributed by atoms with Crippen molar-refractivity contribution in [2.45, 2.75) is 13.3 Å². The van der Waals surface area contributed by atoms with E-state index in [1.807, 2.05) is 0 Å². The summed E-state index contributed by atoms with van der Waals surface area (Å²) in [7, 11) is -3.40. The summed E-state index contributed by atoms with van der Waals surface area (Å²) < 4.78 is 22.8. The van der Waals surface area contributed by atoms with Crippen LogP contribution in [0.4, 0.5) is 0 Å². The molecule has 0 fully saturated rings. The number of hydrogen-bond acceptors (Lipinski definition) is 3. The Morgan fingerprint density at radius 1 is 1.64 bits per heavy atom. The summed E-state index contributed by atoms with van der Waals surface area (Å²) in [6, 6.07) is 0. The van der Waals surface area contributed by atoms with Gasteiger partial charge in [-0.15, -0.1) is 0 Å². The molecule has 11 heavy (non-hydrogen) atoms. The van der Waals surface area contributed by atoms with E-state index >= 15 is 0 Å². The van der Waals surface area contributed by atoms with E-state index in [1.54, 1.807) is 6.92 Å².